The molecule has 1 aliphatic heterocycles. The molecule has 0 saturated carbocycles. The van der Waals surface area contributed by atoms with Crippen LogP contribution in [0.15, 0.2) is 60.0 Å². The van der Waals surface area contributed by atoms with Crippen LogP contribution in [-0.4, -0.2) is 18.7 Å². The van der Waals surface area contributed by atoms with Crippen LogP contribution >= 0.6 is 22.9 Å². The molecule has 6 nitrogen and oxygen atoms in total. The summed E-state index contributed by atoms with van der Waals surface area (Å²) < 4.78 is 16.2. The van der Waals surface area contributed by atoms with E-state index in [1.165, 1.54) is 11.3 Å². The first-order valence-corrected chi connectivity index (χ1v) is 10.0. The lowest BCUT2D eigenvalue weighted by Gasteiger charge is -2.18. The van der Waals surface area contributed by atoms with Crippen LogP contribution in [0.3, 0.4) is 0 Å². The Labute approximate surface area is 176 Å². The smallest absolute Gasteiger partial charge is 0.349 e. The minimum absolute atomic E-state index is 0.183. The highest BCUT2D eigenvalue weighted by atomic mass is 35.5. The number of hydrogen-bond donors (Lipinski definition) is 1. The molecule has 0 bridgehead atoms. The minimum Gasteiger partial charge on any atom is -0.454 e. The maximum absolute atomic E-state index is 12.9. The van der Waals surface area contributed by atoms with Crippen molar-refractivity contribution in [3.05, 3.63) is 81.0 Å². The molecule has 1 amide bonds. The topological polar surface area (TPSA) is 73.9 Å². The maximum Gasteiger partial charge on any atom is 0.349 e. The lowest BCUT2D eigenvalue weighted by atomic mass is 10.1. The van der Waals surface area contributed by atoms with Crippen LogP contribution in [0.5, 0.6) is 11.5 Å². The summed E-state index contributed by atoms with van der Waals surface area (Å²) in [6.45, 7) is 0.429. The Morgan fingerprint density at radius 2 is 1.90 bits per heavy atom. The number of thiophene rings is 1. The summed E-state index contributed by atoms with van der Waals surface area (Å²) in [4.78, 5) is 25.7. The minimum atomic E-state index is -1.10. The molecule has 0 fully saturated rings. The van der Waals surface area contributed by atoms with Crippen molar-refractivity contribution in [2.45, 2.75) is 12.6 Å². The molecule has 0 radical (unpaired) electrons. The number of amides is 1. The molecular weight excluding hydrogens is 414 g/mol. The quantitative estimate of drug-likeness (QED) is 0.590. The van der Waals surface area contributed by atoms with Crippen LogP contribution in [0, 0.1) is 0 Å². The van der Waals surface area contributed by atoms with Crippen molar-refractivity contribution in [1.82, 2.24) is 5.32 Å². The Morgan fingerprint density at radius 3 is 2.66 bits per heavy atom. The zero-order valence-corrected chi connectivity index (χ0v) is 16.7. The lowest BCUT2D eigenvalue weighted by molar-refractivity contribution is -0.130. The number of carbonyl (C=O) groups is 2. The van der Waals surface area contributed by atoms with Gasteiger partial charge in [-0.2, -0.15) is 0 Å². The second-order valence-corrected chi connectivity index (χ2v) is 7.60. The fraction of sp³-hybridized carbons (Fsp3) is 0.143. The van der Waals surface area contributed by atoms with Gasteiger partial charge in [0.2, 0.25) is 12.9 Å². The number of nitrogens with one attached hydrogen (secondary N) is 1. The van der Waals surface area contributed by atoms with E-state index in [0.717, 1.165) is 5.56 Å². The molecule has 4 rings (SSSR count). The van der Waals surface area contributed by atoms with Crippen molar-refractivity contribution >= 4 is 34.8 Å². The standard InChI is InChI=1S/C21H16ClNO5S/c22-15-6-4-14(5-7-15)19(28-21(25)18-2-1-9-29-18)20(24)23-11-13-3-8-16-17(10-13)27-12-26-16/h1-10,19H,11-12H2,(H,23,24)/t19-/m0/s1. The molecule has 8 heteroatoms. The third-order valence-corrected chi connectivity index (χ3v) is 5.36. The molecule has 0 unspecified atom stereocenters. The van der Waals surface area contributed by atoms with E-state index in [9.17, 15) is 9.59 Å². The zero-order chi connectivity index (χ0) is 20.2. The van der Waals surface area contributed by atoms with Gasteiger partial charge in [0.25, 0.3) is 5.91 Å². The fourth-order valence-corrected chi connectivity index (χ4v) is 3.53. The van der Waals surface area contributed by atoms with Gasteiger partial charge in [-0.05, 0) is 41.3 Å². The first-order valence-electron chi connectivity index (χ1n) is 8.76. The normalized spacial score (nSPS) is 13.0. The summed E-state index contributed by atoms with van der Waals surface area (Å²) in [6, 6.07) is 15.4. The van der Waals surface area contributed by atoms with E-state index in [-0.39, 0.29) is 13.3 Å². The highest BCUT2D eigenvalue weighted by Gasteiger charge is 2.26. The Balaban J connectivity index is 1.49. The van der Waals surface area contributed by atoms with Crippen LogP contribution in [0.25, 0.3) is 0 Å². The molecule has 2 heterocycles. The summed E-state index contributed by atoms with van der Waals surface area (Å²) in [6.07, 6.45) is -1.10. The highest BCUT2D eigenvalue weighted by Crippen LogP contribution is 2.32. The van der Waals surface area contributed by atoms with Gasteiger partial charge in [0.15, 0.2) is 11.5 Å². The van der Waals surface area contributed by atoms with Crippen LogP contribution < -0.4 is 14.8 Å². The van der Waals surface area contributed by atoms with Crippen molar-refractivity contribution in [3.63, 3.8) is 0 Å². The van der Waals surface area contributed by atoms with E-state index in [2.05, 4.69) is 5.32 Å². The summed E-state index contributed by atoms with van der Waals surface area (Å²) >= 11 is 7.19. The van der Waals surface area contributed by atoms with E-state index < -0.39 is 18.0 Å². The van der Waals surface area contributed by atoms with Gasteiger partial charge < -0.3 is 19.5 Å². The number of fused-ring (bicyclic) bond motifs is 1. The third kappa shape index (κ3) is 4.52. The zero-order valence-electron chi connectivity index (χ0n) is 15.1. The van der Waals surface area contributed by atoms with E-state index in [1.807, 2.05) is 6.07 Å². The molecular formula is C21H16ClNO5S. The molecule has 1 N–H and O–H groups in total. The molecule has 0 saturated heterocycles. The summed E-state index contributed by atoms with van der Waals surface area (Å²) in [5, 5.41) is 5.11. The van der Waals surface area contributed by atoms with Gasteiger partial charge in [-0.25, -0.2) is 4.79 Å². The summed E-state index contributed by atoms with van der Waals surface area (Å²) in [7, 11) is 0. The molecule has 0 aliphatic carbocycles. The van der Waals surface area contributed by atoms with Crippen molar-refractivity contribution in [3.8, 4) is 11.5 Å². The predicted octanol–water partition coefficient (Wildman–Crippen LogP) is 4.34. The van der Waals surface area contributed by atoms with Crippen LogP contribution in [0.1, 0.15) is 26.9 Å². The van der Waals surface area contributed by atoms with Gasteiger partial charge in [0, 0.05) is 17.1 Å². The number of hydrogen-bond acceptors (Lipinski definition) is 6. The van der Waals surface area contributed by atoms with E-state index in [0.29, 0.717) is 27.0 Å². The first kappa shape index (κ1) is 19.3. The number of esters is 1. The number of rotatable bonds is 6. The second kappa shape index (κ2) is 8.55. The highest BCUT2D eigenvalue weighted by molar-refractivity contribution is 7.11. The SMILES string of the molecule is O=C(O[C@H](C(=O)NCc1ccc2c(c1)OCO2)c1ccc(Cl)cc1)c1cccs1. The Morgan fingerprint density at radius 1 is 1.10 bits per heavy atom. The Bertz CT molecular complexity index is 1020. The van der Waals surface area contributed by atoms with E-state index in [4.69, 9.17) is 25.8 Å². The fourth-order valence-electron chi connectivity index (χ4n) is 2.80. The summed E-state index contributed by atoms with van der Waals surface area (Å²) in [5.74, 6) is 0.312. The van der Waals surface area contributed by atoms with Gasteiger partial charge in [-0.15, -0.1) is 11.3 Å². The van der Waals surface area contributed by atoms with Crippen LogP contribution in [-0.2, 0) is 16.1 Å². The third-order valence-electron chi connectivity index (χ3n) is 4.26. The van der Waals surface area contributed by atoms with Gasteiger partial charge in [-0.1, -0.05) is 35.9 Å². The average Bonchev–Trinajstić information content (AvgIpc) is 3.42. The second-order valence-electron chi connectivity index (χ2n) is 6.22. The van der Waals surface area contributed by atoms with Gasteiger partial charge >= 0.3 is 5.97 Å². The number of halogens is 1. The van der Waals surface area contributed by atoms with Gasteiger partial charge in [0.05, 0.1) is 0 Å². The molecule has 1 aromatic heterocycles. The van der Waals surface area contributed by atoms with Crippen LogP contribution in [0.2, 0.25) is 5.02 Å². The molecule has 1 atom stereocenters. The van der Waals surface area contributed by atoms with Crippen molar-refractivity contribution in [1.29, 1.82) is 0 Å². The number of benzene rings is 2. The van der Waals surface area contributed by atoms with Crippen molar-refractivity contribution in [2.75, 3.05) is 6.79 Å². The maximum atomic E-state index is 12.9. The summed E-state index contributed by atoms with van der Waals surface area (Å²) in [5.41, 5.74) is 1.37. The average molecular weight is 430 g/mol. The lowest BCUT2D eigenvalue weighted by Crippen LogP contribution is -2.31. The molecule has 1 aliphatic rings. The van der Waals surface area contributed by atoms with Crippen molar-refractivity contribution in [2.24, 2.45) is 0 Å². The number of carbonyl (C=O) groups excluding carboxylic acids is 2. The van der Waals surface area contributed by atoms with Gasteiger partial charge in [0.1, 0.15) is 4.88 Å². The molecule has 29 heavy (non-hydrogen) atoms. The monoisotopic (exact) mass is 429 g/mol. The van der Waals surface area contributed by atoms with E-state index >= 15 is 0 Å². The first-order chi connectivity index (χ1) is 14.1. The van der Waals surface area contributed by atoms with E-state index in [1.54, 1.807) is 53.9 Å². The van der Waals surface area contributed by atoms with Crippen LogP contribution in [0.4, 0.5) is 0 Å². The Kier molecular flexibility index (Phi) is 5.69. The largest absolute Gasteiger partial charge is 0.454 e. The molecule has 2 aromatic carbocycles. The van der Waals surface area contributed by atoms with Gasteiger partial charge in [-0.3, -0.25) is 4.79 Å². The molecule has 3 aromatic rings. The molecule has 0 spiro atoms. The van der Waals surface area contributed by atoms with Crippen molar-refractivity contribution < 1.29 is 23.8 Å². The Hall–Kier alpha value is -3.03. The predicted molar refractivity (Wildman–Crippen MR) is 108 cm³/mol. The molecule has 148 valence electrons. The number of ether oxygens (including phenoxy) is 3.